The Labute approximate surface area is 435 Å². The van der Waals surface area contributed by atoms with Gasteiger partial charge in [-0.3, -0.25) is 24.7 Å². The Morgan fingerprint density at radius 1 is 0.973 bits per heavy atom. The average Bonchev–Trinajstić information content (AvgIpc) is 4.17. The summed E-state index contributed by atoms with van der Waals surface area (Å²) in [5.74, 6) is 0.398. The van der Waals surface area contributed by atoms with Gasteiger partial charge in [-0.15, -0.1) is 0 Å². The molecule has 75 heavy (non-hydrogen) atoms. The average molecular weight is 1050 g/mol. The highest BCUT2D eigenvalue weighted by atomic mass is 32.2. The van der Waals surface area contributed by atoms with Gasteiger partial charge in [0.1, 0.15) is 29.8 Å². The van der Waals surface area contributed by atoms with E-state index >= 15 is 0 Å². The van der Waals surface area contributed by atoms with Crippen LogP contribution in [0.1, 0.15) is 74.3 Å². The standard InChI is InChI=1S/C54H63N9O11S/c1-32(2)73-47-6-4-3-5-40(47)46-30-70-18-16-61(46)37-24-54(25-37)11-14-59(15-12-54)35-7-8-41(43(21-35)62-42-10-17-69-31-49(42)74-53-45(62)19-33-9-13-55-51(33)57-53)52(64)58-75(67,68)39-22-44(63(65)66)50-48(23-39)72-28-34(56-50)26-60-27-38-20-36(60)29-71-38/h3-9,13,19,21-23,32,34,36-38,42,46,49,56H,10-12,14-18,20,24-31H2,1-2H3,(H,55,57)(H,58,64)/t34-,36-,38-,42+,46+,49+/m1/s1. The first-order chi connectivity index (χ1) is 36.3. The summed E-state index contributed by atoms with van der Waals surface area (Å²) >= 11 is 0. The molecule has 5 aromatic rings. The molecule has 0 unspecified atom stereocenters. The molecule has 396 valence electrons. The van der Waals surface area contributed by atoms with Gasteiger partial charge in [-0.05, 0) is 94.2 Å². The summed E-state index contributed by atoms with van der Waals surface area (Å²) in [6.45, 7) is 10.9. The summed E-state index contributed by atoms with van der Waals surface area (Å²) in [4.78, 5) is 43.8. The number of aromatic amines is 1. The molecule has 3 N–H and O–H groups in total. The van der Waals surface area contributed by atoms with Gasteiger partial charge in [0, 0.05) is 86.4 Å². The molecule has 0 radical (unpaired) electrons. The molecule has 20 nitrogen and oxygen atoms in total. The number of amides is 1. The molecule has 8 aliphatic rings. The molecule has 1 amide bonds. The quantitative estimate of drug-likeness (QED) is 0.0894. The molecule has 5 saturated heterocycles. The first-order valence-corrected chi connectivity index (χ1v) is 28.0. The van der Waals surface area contributed by atoms with Crippen molar-refractivity contribution in [2.45, 2.75) is 106 Å². The molecule has 6 atom stereocenters. The highest BCUT2D eigenvalue weighted by Crippen LogP contribution is 2.54. The van der Waals surface area contributed by atoms with Crippen LogP contribution in [0.4, 0.5) is 28.4 Å². The van der Waals surface area contributed by atoms with Crippen molar-refractivity contribution < 1.29 is 46.6 Å². The Morgan fingerprint density at radius 2 is 1.81 bits per heavy atom. The molecule has 6 fully saturated rings. The van der Waals surface area contributed by atoms with Crippen molar-refractivity contribution in [3.8, 4) is 17.4 Å². The predicted octanol–water partition coefficient (Wildman–Crippen LogP) is 6.53. The number of piperidine rings is 1. The maximum absolute atomic E-state index is 14.9. The molecule has 2 bridgehead atoms. The number of nitro groups is 1. The van der Waals surface area contributed by atoms with Crippen molar-refractivity contribution in [3.05, 3.63) is 94.2 Å². The summed E-state index contributed by atoms with van der Waals surface area (Å²) in [5, 5.41) is 16.7. The summed E-state index contributed by atoms with van der Waals surface area (Å²) in [5.41, 5.74) is 3.76. The van der Waals surface area contributed by atoms with Crippen molar-refractivity contribution in [3.63, 3.8) is 0 Å². The van der Waals surface area contributed by atoms with E-state index in [1.165, 1.54) is 11.6 Å². The van der Waals surface area contributed by atoms with E-state index < -0.39 is 37.5 Å². The number of hydrogen-bond donors (Lipinski definition) is 3. The van der Waals surface area contributed by atoms with Crippen LogP contribution >= 0.6 is 0 Å². The minimum atomic E-state index is -4.71. The monoisotopic (exact) mass is 1050 g/mol. The van der Waals surface area contributed by atoms with Crippen LogP contribution in [0, 0.1) is 15.5 Å². The lowest BCUT2D eigenvalue weighted by Crippen LogP contribution is -2.57. The summed E-state index contributed by atoms with van der Waals surface area (Å²) < 4.78 is 67.7. The third kappa shape index (κ3) is 8.97. The number of fused-ring (bicyclic) bond motifs is 6. The number of aromatic nitrogens is 2. The van der Waals surface area contributed by atoms with Crippen LogP contribution < -0.4 is 34.0 Å². The smallest absolute Gasteiger partial charge is 0.297 e. The SMILES string of the molecule is CC(C)Oc1ccccc1[C@@H]1COCCN1C1CC2(CCN(c3ccc(C(=O)NS(=O)(=O)c4cc5c(c([N+](=O)[O-])c4)N[C@H](CN4C[C@H]6C[C@@H]4CO6)CO5)c(N4c5cc6cc[nH]c6nc5O[C@H]5COCC[C@@H]54)c3)CC2)C1. The number of likely N-dealkylation sites (tertiary alicyclic amines) is 1. The van der Waals surface area contributed by atoms with Crippen LogP contribution in [0.5, 0.6) is 17.4 Å². The Balaban J connectivity index is 0.780. The first-order valence-electron chi connectivity index (χ1n) is 26.5. The van der Waals surface area contributed by atoms with Crippen LogP contribution in [0.3, 0.4) is 0 Å². The van der Waals surface area contributed by atoms with E-state index in [4.69, 9.17) is 33.4 Å². The molecule has 2 aromatic heterocycles. The van der Waals surface area contributed by atoms with E-state index in [0.717, 1.165) is 81.2 Å². The number of morpholine rings is 2. The maximum Gasteiger partial charge on any atom is 0.297 e. The lowest BCUT2D eigenvalue weighted by Gasteiger charge is -2.57. The maximum atomic E-state index is 14.9. The Morgan fingerprint density at radius 3 is 2.61 bits per heavy atom. The van der Waals surface area contributed by atoms with E-state index in [9.17, 15) is 23.3 Å². The number of carbonyl (C=O) groups excluding carboxylic acids is 1. The van der Waals surface area contributed by atoms with Gasteiger partial charge in [-0.25, -0.2) is 13.1 Å². The molecule has 13 rings (SSSR count). The summed E-state index contributed by atoms with van der Waals surface area (Å²) in [7, 11) is -4.71. The molecule has 1 aliphatic carbocycles. The Bertz CT molecular complexity index is 3140. The van der Waals surface area contributed by atoms with Crippen molar-refractivity contribution in [1.82, 2.24) is 24.5 Å². The van der Waals surface area contributed by atoms with Gasteiger partial charge in [0.2, 0.25) is 5.88 Å². The van der Waals surface area contributed by atoms with Crippen LogP contribution in [0.25, 0.3) is 11.0 Å². The number of sulfonamides is 1. The normalized spacial score (nSPS) is 26.4. The number of hydrogen-bond acceptors (Lipinski definition) is 17. The highest BCUT2D eigenvalue weighted by molar-refractivity contribution is 7.90. The van der Waals surface area contributed by atoms with Crippen LogP contribution in [0.15, 0.2) is 77.8 Å². The van der Waals surface area contributed by atoms with Gasteiger partial charge >= 0.3 is 0 Å². The molecule has 1 spiro atoms. The zero-order valence-electron chi connectivity index (χ0n) is 42.2. The summed E-state index contributed by atoms with van der Waals surface area (Å²) in [6.07, 6.45) is 7.34. The fourth-order valence-electron chi connectivity index (χ4n) is 13.2. The zero-order valence-corrected chi connectivity index (χ0v) is 43.0. The van der Waals surface area contributed by atoms with Crippen LogP contribution in [-0.2, 0) is 24.2 Å². The largest absolute Gasteiger partial charge is 0.491 e. The van der Waals surface area contributed by atoms with E-state index in [0.29, 0.717) is 74.9 Å². The second-order valence-electron chi connectivity index (χ2n) is 21.9. The molecular weight excluding hydrogens is 983 g/mol. The second-order valence-corrected chi connectivity index (χ2v) is 23.6. The van der Waals surface area contributed by atoms with Gasteiger partial charge in [-0.1, -0.05) is 18.2 Å². The number of para-hydroxylation sites is 1. The third-order valence-corrected chi connectivity index (χ3v) is 18.3. The van der Waals surface area contributed by atoms with Gasteiger partial charge in [0.15, 0.2) is 11.4 Å². The molecule has 9 heterocycles. The highest BCUT2D eigenvalue weighted by Gasteiger charge is 2.50. The number of pyridine rings is 1. The van der Waals surface area contributed by atoms with Gasteiger partial charge < -0.3 is 48.5 Å². The molecule has 3 aromatic carbocycles. The number of H-pyrrole nitrogens is 1. The van der Waals surface area contributed by atoms with Gasteiger partial charge in [0.05, 0.1) is 77.8 Å². The van der Waals surface area contributed by atoms with E-state index in [1.54, 1.807) is 12.3 Å². The van der Waals surface area contributed by atoms with E-state index in [2.05, 4.69) is 66.7 Å². The van der Waals surface area contributed by atoms with Crippen molar-refractivity contribution >= 4 is 55.4 Å². The number of anilines is 4. The van der Waals surface area contributed by atoms with Crippen molar-refractivity contribution in [2.24, 2.45) is 5.41 Å². The van der Waals surface area contributed by atoms with Crippen LogP contribution in [0.2, 0.25) is 0 Å². The topological polar surface area (TPSA) is 215 Å². The zero-order chi connectivity index (χ0) is 51.2. The third-order valence-electron chi connectivity index (χ3n) is 16.9. The lowest BCUT2D eigenvalue weighted by atomic mass is 9.59. The van der Waals surface area contributed by atoms with Gasteiger partial charge in [-0.2, -0.15) is 4.98 Å². The number of carbonyl (C=O) groups is 1. The predicted molar refractivity (Wildman–Crippen MR) is 278 cm³/mol. The van der Waals surface area contributed by atoms with E-state index in [1.807, 2.05) is 30.3 Å². The fourth-order valence-corrected chi connectivity index (χ4v) is 14.2. The molecule has 1 saturated carbocycles. The first kappa shape index (κ1) is 48.4. The molecular formula is C54H63N9O11S. The van der Waals surface area contributed by atoms with E-state index in [-0.39, 0.29) is 65.4 Å². The number of nitrogens with zero attached hydrogens (tertiary/aromatic N) is 6. The Kier molecular flexibility index (Phi) is 12.3. The van der Waals surface area contributed by atoms with Crippen molar-refractivity contribution in [2.75, 3.05) is 87.5 Å². The minimum absolute atomic E-state index is 0.0210. The Hall–Kier alpha value is -6.23. The minimum Gasteiger partial charge on any atom is -0.491 e. The number of benzene rings is 3. The van der Waals surface area contributed by atoms with Gasteiger partial charge in [0.25, 0.3) is 21.6 Å². The molecule has 21 heteroatoms. The van der Waals surface area contributed by atoms with Crippen molar-refractivity contribution in [1.29, 1.82) is 0 Å². The number of nitro benzene ring substituents is 1. The number of nitrogens with one attached hydrogen (secondary N) is 3. The molecule has 7 aliphatic heterocycles. The number of ether oxygens (including phenoxy) is 6. The lowest BCUT2D eigenvalue weighted by molar-refractivity contribution is -0.384. The summed E-state index contributed by atoms with van der Waals surface area (Å²) in [6, 6.07) is 20.3. The second kappa shape index (κ2) is 19.1. The fraction of sp³-hybridized carbons (Fsp3) is 0.519. The number of rotatable bonds is 12. The van der Waals surface area contributed by atoms with Crippen LogP contribution in [-0.4, -0.2) is 154 Å².